The quantitative estimate of drug-likeness (QED) is 0.746. The van der Waals surface area contributed by atoms with Gasteiger partial charge in [0, 0.05) is 22.2 Å². The predicted octanol–water partition coefficient (Wildman–Crippen LogP) is 4.69. The van der Waals surface area contributed by atoms with Crippen molar-refractivity contribution in [3.05, 3.63) is 87.9 Å². The van der Waals surface area contributed by atoms with Crippen molar-refractivity contribution in [1.82, 2.24) is 5.32 Å². The highest BCUT2D eigenvalue weighted by Gasteiger charge is 2.17. The zero-order chi connectivity index (χ0) is 18.4. The lowest BCUT2D eigenvalue weighted by molar-refractivity contribution is -0.116. The van der Waals surface area contributed by atoms with Crippen LogP contribution in [0.15, 0.2) is 66.8 Å². The number of nitrogens with one attached hydrogen (secondary N) is 1. The largest absolute Gasteiger partial charge is 0.348 e. The number of halogens is 2. The summed E-state index contributed by atoms with van der Waals surface area (Å²) in [5.41, 5.74) is 2.68. The number of carbonyl (C=O) groups is 2. The van der Waals surface area contributed by atoms with Crippen molar-refractivity contribution in [2.24, 2.45) is 0 Å². The molecule has 0 atom stereocenters. The predicted molar refractivity (Wildman–Crippen MR) is 103 cm³/mol. The van der Waals surface area contributed by atoms with E-state index in [1.54, 1.807) is 18.2 Å². The lowest BCUT2D eigenvalue weighted by Gasteiger charge is -2.16. The summed E-state index contributed by atoms with van der Waals surface area (Å²) in [5, 5.41) is 3.59. The zero-order valence-electron chi connectivity index (χ0n) is 13.7. The number of benzene rings is 2. The Morgan fingerprint density at radius 2 is 1.64 bits per heavy atom. The Kier molecular flexibility index (Phi) is 6.57. The maximum atomic E-state index is 12.3. The van der Waals surface area contributed by atoms with E-state index < -0.39 is 0 Å². The van der Waals surface area contributed by atoms with Crippen molar-refractivity contribution in [3.8, 4) is 0 Å². The van der Waals surface area contributed by atoms with Crippen LogP contribution < -0.4 is 5.32 Å². The monoisotopic (exact) mass is 373 g/mol. The molecule has 0 aromatic heterocycles. The van der Waals surface area contributed by atoms with Gasteiger partial charge in [0.05, 0.1) is 0 Å². The minimum absolute atomic E-state index is 0.0779. The molecule has 0 saturated carbocycles. The Balaban J connectivity index is 2.68. The summed E-state index contributed by atoms with van der Waals surface area (Å²) in [7, 11) is 0. The number of rotatable bonds is 6. The van der Waals surface area contributed by atoms with Gasteiger partial charge in [0.1, 0.15) is 0 Å². The Labute approximate surface area is 157 Å². The van der Waals surface area contributed by atoms with Crippen molar-refractivity contribution < 1.29 is 9.59 Å². The van der Waals surface area contributed by atoms with Gasteiger partial charge in [0.15, 0.2) is 5.78 Å². The summed E-state index contributed by atoms with van der Waals surface area (Å²) in [5.74, 6) is -0.505. The molecule has 25 heavy (non-hydrogen) atoms. The molecule has 0 spiro atoms. The van der Waals surface area contributed by atoms with E-state index >= 15 is 0 Å². The highest BCUT2D eigenvalue weighted by Crippen LogP contribution is 2.31. The number of hydrogen-bond donors (Lipinski definition) is 1. The van der Waals surface area contributed by atoms with Gasteiger partial charge in [-0.05, 0) is 47.9 Å². The molecular weight excluding hydrogens is 357 g/mol. The fourth-order valence-corrected chi connectivity index (χ4v) is 2.98. The van der Waals surface area contributed by atoms with Crippen molar-refractivity contribution in [1.29, 1.82) is 0 Å². The molecule has 0 bridgehead atoms. The molecular formula is C20H17Cl2NO2. The topological polar surface area (TPSA) is 46.2 Å². The van der Waals surface area contributed by atoms with Gasteiger partial charge in [-0.25, -0.2) is 0 Å². The van der Waals surface area contributed by atoms with Gasteiger partial charge in [0.25, 0.3) is 0 Å². The molecule has 0 aliphatic heterocycles. The first kappa shape index (κ1) is 19.0. The third kappa shape index (κ3) is 5.05. The van der Waals surface area contributed by atoms with Crippen molar-refractivity contribution in [3.63, 3.8) is 0 Å². The van der Waals surface area contributed by atoms with E-state index in [0.717, 1.165) is 11.6 Å². The highest BCUT2D eigenvalue weighted by molar-refractivity contribution is 6.35. The van der Waals surface area contributed by atoms with E-state index in [9.17, 15) is 9.59 Å². The third-order valence-corrected chi connectivity index (χ3v) is 4.00. The molecule has 0 radical (unpaired) electrons. The normalized spacial score (nSPS) is 11.5. The first-order valence-corrected chi connectivity index (χ1v) is 8.34. The standard InChI is InChI=1S/C20H17Cl2NO2/c1-3-19(25)23-12-18(13(2)24)20(14-7-5-4-6-8-14)15-9-16(21)11-17(22)10-15/h3-11H,1,12H2,2H3,(H,23,25)/b20-18-. The minimum Gasteiger partial charge on any atom is -0.348 e. The van der Waals surface area contributed by atoms with Gasteiger partial charge in [-0.2, -0.15) is 0 Å². The molecule has 2 rings (SSSR count). The first-order chi connectivity index (χ1) is 11.9. The van der Waals surface area contributed by atoms with E-state index in [1.165, 1.54) is 6.92 Å². The highest BCUT2D eigenvalue weighted by atomic mass is 35.5. The fraction of sp³-hybridized carbons (Fsp3) is 0.100. The zero-order valence-corrected chi connectivity index (χ0v) is 15.2. The first-order valence-electron chi connectivity index (χ1n) is 7.58. The fourth-order valence-electron chi connectivity index (χ4n) is 2.45. The number of Topliss-reactive ketones (excluding diaryl/α,β-unsaturated/α-hetero) is 1. The van der Waals surface area contributed by atoms with Gasteiger partial charge >= 0.3 is 0 Å². The lowest BCUT2D eigenvalue weighted by Crippen LogP contribution is -2.26. The minimum atomic E-state index is -0.352. The van der Waals surface area contributed by atoms with E-state index in [1.807, 2.05) is 30.3 Å². The van der Waals surface area contributed by atoms with Crippen LogP contribution in [0.5, 0.6) is 0 Å². The number of carbonyl (C=O) groups excluding carboxylic acids is 2. The average molecular weight is 374 g/mol. The summed E-state index contributed by atoms with van der Waals surface area (Å²) < 4.78 is 0. The van der Waals surface area contributed by atoms with Crippen LogP contribution in [0.2, 0.25) is 10.0 Å². The van der Waals surface area contributed by atoms with Crippen molar-refractivity contribution in [2.75, 3.05) is 6.54 Å². The van der Waals surface area contributed by atoms with E-state index in [-0.39, 0.29) is 18.2 Å². The van der Waals surface area contributed by atoms with Crippen LogP contribution in [-0.2, 0) is 9.59 Å². The summed E-state index contributed by atoms with van der Waals surface area (Å²) in [4.78, 5) is 23.8. The van der Waals surface area contributed by atoms with Crippen molar-refractivity contribution >= 4 is 40.5 Å². The molecule has 2 aromatic rings. The maximum Gasteiger partial charge on any atom is 0.243 e. The smallest absolute Gasteiger partial charge is 0.243 e. The maximum absolute atomic E-state index is 12.3. The van der Waals surface area contributed by atoms with Gasteiger partial charge in [-0.3, -0.25) is 9.59 Å². The lowest BCUT2D eigenvalue weighted by atomic mass is 9.91. The van der Waals surface area contributed by atoms with Crippen LogP contribution in [0, 0.1) is 0 Å². The number of hydrogen-bond acceptors (Lipinski definition) is 2. The SMILES string of the molecule is C=CC(=O)NC/C(C(C)=O)=C(\c1ccccc1)c1cc(Cl)cc(Cl)c1. The summed E-state index contributed by atoms with van der Waals surface area (Å²) in [6.07, 6.45) is 1.16. The van der Waals surface area contributed by atoms with Gasteiger partial charge in [-0.15, -0.1) is 0 Å². The Morgan fingerprint density at radius 1 is 1.04 bits per heavy atom. The second-order valence-electron chi connectivity index (χ2n) is 5.36. The molecule has 0 saturated heterocycles. The molecule has 3 nitrogen and oxygen atoms in total. The van der Waals surface area contributed by atoms with Crippen LogP contribution in [0.4, 0.5) is 0 Å². The van der Waals surface area contributed by atoms with E-state index in [2.05, 4.69) is 11.9 Å². The van der Waals surface area contributed by atoms with E-state index in [4.69, 9.17) is 23.2 Å². The Morgan fingerprint density at radius 3 is 2.16 bits per heavy atom. The molecule has 0 aliphatic carbocycles. The molecule has 0 fully saturated rings. The summed E-state index contributed by atoms with van der Waals surface area (Å²) in [6, 6.07) is 14.5. The van der Waals surface area contributed by atoms with Gasteiger partial charge < -0.3 is 5.32 Å². The number of amides is 1. The molecule has 2 aromatic carbocycles. The second kappa shape index (κ2) is 8.65. The molecule has 5 heteroatoms. The Hall–Kier alpha value is -2.36. The van der Waals surface area contributed by atoms with Crippen molar-refractivity contribution in [2.45, 2.75) is 6.92 Å². The van der Waals surface area contributed by atoms with Crippen LogP contribution in [0.25, 0.3) is 5.57 Å². The van der Waals surface area contributed by atoms with Crippen LogP contribution in [0.3, 0.4) is 0 Å². The Bertz CT molecular complexity index is 822. The van der Waals surface area contributed by atoms with E-state index in [0.29, 0.717) is 26.8 Å². The molecule has 1 N–H and O–H groups in total. The van der Waals surface area contributed by atoms with Gasteiger partial charge in [-0.1, -0.05) is 60.1 Å². The molecule has 1 amide bonds. The van der Waals surface area contributed by atoms with Crippen LogP contribution in [-0.4, -0.2) is 18.2 Å². The average Bonchev–Trinajstić information content (AvgIpc) is 2.57. The molecule has 0 heterocycles. The molecule has 0 aliphatic rings. The third-order valence-electron chi connectivity index (χ3n) is 3.57. The summed E-state index contributed by atoms with van der Waals surface area (Å²) in [6.45, 7) is 4.96. The van der Waals surface area contributed by atoms with Gasteiger partial charge in [0.2, 0.25) is 5.91 Å². The summed E-state index contributed by atoms with van der Waals surface area (Å²) >= 11 is 12.3. The second-order valence-corrected chi connectivity index (χ2v) is 6.23. The molecule has 0 unspecified atom stereocenters. The number of ketones is 1. The molecule has 128 valence electrons. The van der Waals surface area contributed by atoms with Crippen LogP contribution in [0.1, 0.15) is 18.1 Å². The van der Waals surface area contributed by atoms with Crippen LogP contribution >= 0.6 is 23.2 Å².